The second kappa shape index (κ2) is 10.2. The molecular formula is C22H17F3N2O4S2. The second-order valence-corrected chi connectivity index (χ2v) is 9.57. The van der Waals surface area contributed by atoms with Crippen LogP contribution in [-0.4, -0.2) is 27.9 Å². The van der Waals surface area contributed by atoms with Crippen LogP contribution in [0.4, 0.5) is 18.9 Å². The molecule has 0 spiro atoms. The fourth-order valence-electron chi connectivity index (χ4n) is 2.70. The minimum Gasteiger partial charge on any atom is -0.302 e. The quantitative estimate of drug-likeness (QED) is 0.398. The highest BCUT2D eigenvalue weighted by Crippen LogP contribution is 2.29. The first-order chi connectivity index (χ1) is 15.5. The van der Waals surface area contributed by atoms with Crippen molar-refractivity contribution in [3.05, 3.63) is 89.2 Å². The Morgan fingerprint density at radius 1 is 1.00 bits per heavy atom. The summed E-state index contributed by atoms with van der Waals surface area (Å²) in [5.74, 6) is 5.19. The van der Waals surface area contributed by atoms with Gasteiger partial charge in [-0.25, -0.2) is 17.6 Å². The summed E-state index contributed by atoms with van der Waals surface area (Å²) < 4.78 is 85.4. The number of anilines is 1. The predicted octanol–water partition coefficient (Wildman–Crippen LogP) is 4.07. The maximum atomic E-state index is 12.6. The highest BCUT2D eigenvalue weighted by atomic mass is 32.2. The number of nitrogens with one attached hydrogen (secondary N) is 1. The van der Waals surface area contributed by atoms with E-state index in [2.05, 4.69) is 21.5 Å². The molecule has 3 aromatic rings. The Morgan fingerprint density at radius 2 is 1.70 bits per heavy atom. The molecule has 0 saturated carbocycles. The van der Waals surface area contributed by atoms with Crippen LogP contribution in [0.3, 0.4) is 0 Å². The summed E-state index contributed by atoms with van der Waals surface area (Å²) in [7, 11) is -3.79. The summed E-state index contributed by atoms with van der Waals surface area (Å²) in [5, 5.41) is 0. The van der Waals surface area contributed by atoms with Crippen molar-refractivity contribution in [2.75, 3.05) is 10.5 Å². The number of aryl methyl sites for hydroxylation is 1. The standard InChI is InChI=1S/C22H17F3N2O4S2/c23-22(24,25)18-9-5-16(6-10-18)7-11-19-12-8-17(15-26-19)13-14-33(30,31)27-20-3-1-2-4-21(20)32(28)29/h1-6,8-10,12,15,27H,13-14H2,(H,28,29). The fraction of sp³-hybridized carbons (Fsp3) is 0.136. The van der Waals surface area contributed by atoms with E-state index in [-0.39, 0.29) is 22.8 Å². The van der Waals surface area contributed by atoms with Crippen LogP contribution < -0.4 is 4.72 Å². The topological polar surface area (TPSA) is 96.4 Å². The Labute approximate surface area is 191 Å². The van der Waals surface area contributed by atoms with Gasteiger partial charge in [0.2, 0.25) is 10.0 Å². The van der Waals surface area contributed by atoms with Crippen LogP contribution in [0, 0.1) is 11.8 Å². The van der Waals surface area contributed by atoms with Gasteiger partial charge in [0.1, 0.15) is 5.69 Å². The van der Waals surface area contributed by atoms with Crippen LogP contribution in [0.1, 0.15) is 22.4 Å². The first-order valence-corrected chi connectivity index (χ1v) is 12.1. The fourth-order valence-corrected chi connectivity index (χ4v) is 4.39. The SMILES string of the molecule is O=S(O)c1ccccc1NS(=O)(=O)CCc1ccc(C#Cc2ccc(C(F)(F)F)cc2)nc1. The van der Waals surface area contributed by atoms with Crippen molar-refractivity contribution in [1.82, 2.24) is 4.98 Å². The van der Waals surface area contributed by atoms with Crippen LogP contribution >= 0.6 is 0 Å². The first kappa shape index (κ1) is 24.4. The van der Waals surface area contributed by atoms with Crippen LogP contribution in [0.5, 0.6) is 0 Å². The Hall–Kier alpha value is -3.20. The molecule has 1 aromatic heterocycles. The Morgan fingerprint density at radius 3 is 2.30 bits per heavy atom. The molecule has 0 bridgehead atoms. The van der Waals surface area contributed by atoms with Gasteiger partial charge in [0.25, 0.3) is 0 Å². The third kappa shape index (κ3) is 7.15. The molecule has 0 aliphatic rings. The number of hydrogen-bond donors (Lipinski definition) is 2. The van der Waals surface area contributed by atoms with E-state index < -0.39 is 32.8 Å². The lowest BCUT2D eigenvalue weighted by atomic mass is 10.1. The van der Waals surface area contributed by atoms with Gasteiger partial charge in [-0.15, -0.1) is 0 Å². The van der Waals surface area contributed by atoms with Gasteiger partial charge in [-0.3, -0.25) is 4.72 Å². The van der Waals surface area contributed by atoms with E-state index in [1.807, 2.05) is 0 Å². The number of pyridine rings is 1. The van der Waals surface area contributed by atoms with Crippen molar-refractivity contribution in [3.63, 3.8) is 0 Å². The van der Waals surface area contributed by atoms with E-state index in [0.717, 1.165) is 12.1 Å². The molecule has 0 aliphatic heterocycles. The second-order valence-electron chi connectivity index (χ2n) is 6.79. The average molecular weight is 495 g/mol. The first-order valence-electron chi connectivity index (χ1n) is 9.38. The molecule has 6 nitrogen and oxygen atoms in total. The zero-order valence-corrected chi connectivity index (χ0v) is 18.5. The monoisotopic (exact) mass is 494 g/mol. The van der Waals surface area contributed by atoms with Crippen molar-refractivity contribution >= 4 is 26.8 Å². The zero-order chi connectivity index (χ0) is 24.1. The van der Waals surface area contributed by atoms with Gasteiger partial charge in [0.05, 0.1) is 21.9 Å². The molecule has 2 N–H and O–H groups in total. The number of rotatable bonds is 6. The maximum Gasteiger partial charge on any atom is 0.416 e. The molecule has 0 amide bonds. The largest absolute Gasteiger partial charge is 0.416 e. The third-order valence-corrected chi connectivity index (χ3v) is 6.38. The van der Waals surface area contributed by atoms with E-state index in [9.17, 15) is 30.4 Å². The van der Waals surface area contributed by atoms with Gasteiger partial charge in [0, 0.05) is 11.8 Å². The summed E-state index contributed by atoms with van der Waals surface area (Å²) in [6, 6.07) is 13.5. The minimum absolute atomic E-state index is 0.0327. The number of para-hydroxylation sites is 1. The normalized spacial score (nSPS) is 12.5. The summed E-state index contributed by atoms with van der Waals surface area (Å²) >= 11 is -2.34. The van der Waals surface area contributed by atoms with Gasteiger partial charge < -0.3 is 4.55 Å². The van der Waals surface area contributed by atoms with E-state index >= 15 is 0 Å². The summed E-state index contributed by atoms with van der Waals surface area (Å²) in [4.78, 5) is 4.09. The molecule has 3 rings (SSSR count). The van der Waals surface area contributed by atoms with Gasteiger partial charge >= 0.3 is 6.18 Å². The molecule has 0 saturated heterocycles. The third-order valence-electron chi connectivity index (χ3n) is 4.37. The van der Waals surface area contributed by atoms with Crippen LogP contribution in [-0.2, 0) is 33.7 Å². The van der Waals surface area contributed by atoms with Gasteiger partial charge in [-0.2, -0.15) is 13.2 Å². The summed E-state index contributed by atoms with van der Waals surface area (Å²) in [5.41, 5.74) is 0.673. The van der Waals surface area contributed by atoms with Crippen molar-refractivity contribution < 1.29 is 30.4 Å². The molecule has 172 valence electrons. The lowest BCUT2D eigenvalue weighted by Gasteiger charge is -2.10. The van der Waals surface area contributed by atoms with Crippen molar-refractivity contribution in [3.8, 4) is 11.8 Å². The molecule has 1 atom stereocenters. The average Bonchev–Trinajstić information content (AvgIpc) is 2.77. The molecule has 11 heteroatoms. The lowest BCUT2D eigenvalue weighted by molar-refractivity contribution is -0.137. The van der Waals surface area contributed by atoms with Crippen LogP contribution in [0.15, 0.2) is 71.8 Å². The minimum atomic E-state index is -4.41. The number of aromatic nitrogens is 1. The van der Waals surface area contributed by atoms with Crippen LogP contribution in [0.2, 0.25) is 0 Å². The van der Waals surface area contributed by atoms with Gasteiger partial charge in [0.15, 0.2) is 11.1 Å². The molecular weight excluding hydrogens is 477 g/mol. The van der Waals surface area contributed by atoms with Gasteiger partial charge in [-0.05, 0) is 60.4 Å². The van der Waals surface area contributed by atoms with Crippen molar-refractivity contribution in [2.24, 2.45) is 0 Å². The number of halogens is 3. The smallest absolute Gasteiger partial charge is 0.302 e. The Kier molecular flexibility index (Phi) is 7.53. The Balaban J connectivity index is 1.61. The number of nitrogens with zero attached hydrogens (tertiary/aromatic N) is 1. The van der Waals surface area contributed by atoms with E-state index in [0.29, 0.717) is 16.8 Å². The highest BCUT2D eigenvalue weighted by Gasteiger charge is 2.29. The number of hydrogen-bond acceptors (Lipinski definition) is 4. The van der Waals surface area contributed by atoms with E-state index in [4.69, 9.17) is 0 Å². The molecule has 0 radical (unpaired) electrons. The molecule has 2 aromatic carbocycles. The summed E-state index contributed by atoms with van der Waals surface area (Å²) in [6.07, 6.45) is -2.81. The zero-order valence-electron chi connectivity index (χ0n) is 16.8. The molecule has 0 aliphatic carbocycles. The molecule has 1 unspecified atom stereocenters. The number of alkyl halides is 3. The maximum absolute atomic E-state index is 12.6. The van der Waals surface area contributed by atoms with E-state index in [1.165, 1.54) is 36.5 Å². The molecule has 0 fully saturated rings. The number of benzene rings is 2. The Bertz CT molecular complexity index is 1310. The number of sulfonamides is 1. The van der Waals surface area contributed by atoms with Gasteiger partial charge in [-0.1, -0.05) is 24.1 Å². The van der Waals surface area contributed by atoms with Crippen molar-refractivity contribution in [2.45, 2.75) is 17.5 Å². The molecule has 33 heavy (non-hydrogen) atoms. The van der Waals surface area contributed by atoms with Crippen LogP contribution in [0.25, 0.3) is 0 Å². The lowest BCUT2D eigenvalue weighted by Crippen LogP contribution is -2.19. The molecule has 1 heterocycles. The summed E-state index contributed by atoms with van der Waals surface area (Å²) in [6.45, 7) is 0. The van der Waals surface area contributed by atoms with Crippen molar-refractivity contribution in [1.29, 1.82) is 0 Å². The van der Waals surface area contributed by atoms with E-state index in [1.54, 1.807) is 18.2 Å². The highest BCUT2D eigenvalue weighted by molar-refractivity contribution is 7.92. The predicted molar refractivity (Wildman–Crippen MR) is 118 cm³/mol.